The molecule has 0 saturated carbocycles. The third-order valence-electron chi connectivity index (χ3n) is 11.0. The monoisotopic (exact) mass is 828 g/mol. The number of likely N-dealkylation sites (N-methyl/N-ethyl adjacent to an activating group) is 1. The Hall–Kier alpha value is -5.52. The minimum atomic E-state index is -1.73. The van der Waals surface area contributed by atoms with Gasteiger partial charge in [0.25, 0.3) is 0 Å². The molecule has 4 N–H and O–H groups in total. The predicted molar refractivity (Wildman–Crippen MR) is 204 cm³/mol. The maximum Gasteiger partial charge on any atom is 0.329 e. The number of aliphatic hydroxyl groups excluding tert-OH is 1. The Morgan fingerprint density at radius 2 is 1.63 bits per heavy atom. The molecule has 3 fully saturated rings. The van der Waals surface area contributed by atoms with Gasteiger partial charge >= 0.3 is 5.97 Å². The third kappa shape index (κ3) is 10.4. The Labute approximate surface area is 340 Å². The summed E-state index contributed by atoms with van der Waals surface area (Å²) in [5.74, 6) is -8.67. The topological polar surface area (TPSA) is 195 Å². The van der Waals surface area contributed by atoms with Crippen molar-refractivity contribution in [1.82, 2.24) is 30.7 Å². The zero-order chi connectivity index (χ0) is 43.5. The van der Waals surface area contributed by atoms with E-state index >= 15 is 0 Å². The highest BCUT2D eigenvalue weighted by atomic mass is 19.1. The maximum absolute atomic E-state index is 14.7. The second kappa shape index (κ2) is 18.6. The number of aryl methyl sites for hydroxylation is 1. The molecule has 15 nitrogen and oxygen atoms in total. The lowest BCUT2D eigenvalue weighted by atomic mass is 10.0. The van der Waals surface area contributed by atoms with Gasteiger partial charge in [0.2, 0.25) is 35.4 Å². The normalized spacial score (nSPS) is 26.8. The average Bonchev–Trinajstić information content (AvgIpc) is 3.80. The third-order valence-corrected chi connectivity index (χ3v) is 11.0. The average molecular weight is 829 g/mol. The first-order valence-corrected chi connectivity index (χ1v) is 19.6. The van der Waals surface area contributed by atoms with E-state index in [-0.39, 0.29) is 43.0 Å². The zero-order valence-corrected chi connectivity index (χ0v) is 33.8. The SMILES string of the molecule is Cc1ccc(CC(=O)N[C@@H](Cc2cc(F)cc(F)c2)C(=O)N[C@@H]2C(=O)N3CCC[C@H]3C(=O)N(C)C([C@@H](C)O)C(=O)N[C@@H](C)C(=O)N3C[C@H](C)C[C@H]3C(=O)O[C@H]2C)c(F)c1. The second-order valence-electron chi connectivity index (χ2n) is 15.9. The number of nitrogens with one attached hydrogen (secondary N) is 3. The molecule has 320 valence electrons. The van der Waals surface area contributed by atoms with Gasteiger partial charge in [0, 0.05) is 32.6 Å². The summed E-state index contributed by atoms with van der Waals surface area (Å²) in [7, 11) is 1.28. The van der Waals surface area contributed by atoms with Crippen LogP contribution in [0.1, 0.15) is 63.6 Å². The Bertz CT molecular complexity index is 1960. The van der Waals surface area contributed by atoms with Gasteiger partial charge in [-0.2, -0.15) is 0 Å². The molecule has 0 aliphatic carbocycles. The first-order chi connectivity index (χ1) is 27.7. The van der Waals surface area contributed by atoms with Gasteiger partial charge in [-0.1, -0.05) is 19.1 Å². The molecule has 3 saturated heterocycles. The minimum Gasteiger partial charge on any atom is -0.458 e. The number of esters is 1. The van der Waals surface area contributed by atoms with Gasteiger partial charge in [-0.3, -0.25) is 28.8 Å². The molecule has 0 bridgehead atoms. The number of carbonyl (C=O) groups is 7. The molecule has 5 rings (SSSR count). The molecule has 59 heavy (non-hydrogen) atoms. The first-order valence-electron chi connectivity index (χ1n) is 19.6. The van der Waals surface area contributed by atoms with Gasteiger partial charge in [-0.25, -0.2) is 18.0 Å². The molecule has 18 heteroatoms. The smallest absolute Gasteiger partial charge is 0.329 e. The van der Waals surface area contributed by atoms with E-state index in [1.807, 2.05) is 0 Å². The zero-order valence-electron chi connectivity index (χ0n) is 33.8. The van der Waals surface area contributed by atoms with Gasteiger partial charge in [0.15, 0.2) is 0 Å². The summed E-state index contributed by atoms with van der Waals surface area (Å²) in [6.07, 6.45) is -3.28. The van der Waals surface area contributed by atoms with E-state index < -0.39 is 120 Å². The fraction of sp³-hybridized carbons (Fsp3) is 0.537. The lowest BCUT2D eigenvalue weighted by molar-refractivity contribution is -0.163. The second-order valence-corrected chi connectivity index (χ2v) is 15.9. The van der Waals surface area contributed by atoms with Crippen LogP contribution < -0.4 is 16.0 Å². The number of amides is 6. The predicted octanol–water partition coefficient (Wildman–Crippen LogP) is 1.05. The summed E-state index contributed by atoms with van der Waals surface area (Å²) < 4.78 is 49.2. The molecule has 1 unspecified atom stereocenters. The van der Waals surface area contributed by atoms with Gasteiger partial charge in [0.05, 0.1) is 12.5 Å². The van der Waals surface area contributed by atoms with Crippen molar-refractivity contribution in [3.63, 3.8) is 0 Å². The van der Waals surface area contributed by atoms with Crippen molar-refractivity contribution >= 4 is 41.4 Å². The quantitative estimate of drug-likeness (QED) is 0.282. The molecule has 2 aromatic carbocycles. The fourth-order valence-electron chi connectivity index (χ4n) is 8.03. The largest absolute Gasteiger partial charge is 0.458 e. The van der Waals surface area contributed by atoms with Gasteiger partial charge < -0.3 is 40.5 Å². The van der Waals surface area contributed by atoms with Gasteiger partial charge in [0.1, 0.15) is 59.8 Å². The van der Waals surface area contributed by atoms with E-state index in [4.69, 9.17) is 4.74 Å². The van der Waals surface area contributed by atoms with Crippen molar-refractivity contribution in [3.8, 4) is 0 Å². The Balaban J connectivity index is 1.52. The van der Waals surface area contributed by atoms with Crippen molar-refractivity contribution in [1.29, 1.82) is 0 Å². The van der Waals surface area contributed by atoms with Crippen molar-refractivity contribution in [3.05, 3.63) is 70.5 Å². The summed E-state index contributed by atoms with van der Waals surface area (Å²) in [6, 6.07) is -1.63. The van der Waals surface area contributed by atoms with Crippen LogP contribution >= 0.6 is 0 Å². The van der Waals surface area contributed by atoms with Crippen molar-refractivity contribution in [2.24, 2.45) is 5.92 Å². The van der Waals surface area contributed by atoms with Crippen LogP contribution in [-0.4, -0.2) is 130 Å². The number of fused-ring (bicyclic) bond motifs is 2. The number of nitrogens with zero attached hydrogens (tertiary/aromatic N) is 3. The molecular weight excluding hydrogens is 777 g/mol. The Morgan fingerprint density at radius 1 is 0.949 bits per heavy atom. The number of hydrogen-bond acceptors (Lipinski definition) is 9. The number of rotatable bonds is 8. The van der Waals surface area contributed by atoms with Gasteiger partial charge in [-0.15, -0.1) is 0 Å². The maximum atomic E-state index is 14.7. The van der Waals surface area contributed by atoms with Crippen LogP contribution in [0.15, 0.2) is 36.4 Å². The van der Waals surface area contributed by atoms with Gasteiger partial charge in [-0.05, 0) is 87.8 Å². The van der Waals surface area contributed by atoms with Crippen molar-refractivity contribution in [2.45, 2.75) is 115 Å². The summed E-state index contributed by atoms with van der Waals surface area (Å²) in [6.45, 7) is 7.62. The van der Waals surface area contributed by atoms with E-state index in [0.717, 1.165) is 17.0 Å². The fourth-order valence-corrected chi connectivity index (χ4v) is 8.03. The lowest BCUT2D eigenvalue weighted by Crippen LogP contribution is -2.63. The molecule has 0 aromatic heterocycles. The number of hydrogen-bond donors (Lipinski definition) is 4. The van der Waals surface area contributed by atoms with E-state index in [2.05, 4.69) is 16.0 Å². The van der Waals surface area contributed by atoms with Crippen LogP contribution in [0.25, 0.3) is 0 Å². The van der Waals surface area contributed by atoms with E-state index in [9.17, 15) is 51.8 Å². The highest BCUT2D eigenvalue weighted by Crippen LogP contribution is 2.27. The highest BCUT2D eigenvalue weighted by Gasteiger charge is 2.47. The van der Waals surface area contributed by atoms with Crippen LogP contribution in [0.3, 0.4) is 0 Å². The number of aliphatic hydroxyl groups is 1. The molecule has 3 aliphatic heterocycles. The number of carbonyl (C=O) groups excluding carboxylic acids is 7. The standard InChI is InChI=1S/C41H51F3N6O9/c1-20-9-10-26(29(44)12-20)17-33(52)46-30(16-25-14-27(42)18-28(43)15-25)36(53)47-34-24(5)59-41(58)32-13-21(2)19-50(32)38(55)22(3)45-37(54)35(23(4)51)48(6)39(56)31-8-7-11-49(31)40(34)57/h9-10,12,14-15,18,21-24,30-32,34-35,51H,7-8,11,13,16-17,19H2,1-6H3,(H,45,54)(H,46,52)(H,47,53)/t21-,22+,23-,24+,30+,31+,32+,34+,35?/m1/s1. The summed E-state index contributed by atoms with van der Waals surface area (Å²) in [5, 5.41) is 18.3. The summed E-state index contributed by atoms with van der Waals surface area (Å²) in [4.78, 5) is 101. The van der Waals surface area contributed by atoms with Crippen molar-refractivity contribution in [2.75, 3.05) is 20.1 Å². The number of halogens is 3. The van der Waals surface area contributed by atoms with E-state index in [1.165, 1.54) is 49.8 Å². The van der Waals surface area contributed by atoms with Crippen LogP contribution in [0, 0.1) is 30.3 Å². The highest BCUT2D eigenvalue weighted by molar-refractivity contribution is 5.98. The summed E-state index contributed by atoms with van der Waals surface area (Å²) >= 11 is 0. The molecule has 0 radical (unpaired) electrons. The number of cyclic esters (lactones) is 1. The molecule has 9 atom stereocenters. The van der Waals surface area contributed by atoms with E-state index in [1.54, 1.807) is 19.9 Å². The molecule has 3 aliphatic rings. The Kier molecular flexibility index (Phi) is 14.1. The molecule has 3 heterocycles. The molecular formula is C41H51F3N6O9. The molecule has 2 aromatic rings. The van der Waals surface area contributed by atoms with Crippen LogP contribution in [-0.2, 0) is 51.1 Å². The summed E-state index contributed by atoms with van der Waals surface area (Å²) in [5.41, 5.74) is 0.557. The van der Waals surface area contributed by atoms with E-state index in [0.29, 0.717) is 18.1 Å². The van der Waals surface area contributed by atoms with Crippen LogP contribution in [0.5, 0.6) is 0 Å². The lowest BCUT2D eigenvalue weighted by Gasteiger charge is -2.37. The Morgan fingerprint density at radius 3 is 2.27 bits per heavy atom. The number of ether oxygens (including phenoxy) is 1. The number of benzene rings is 2. The molecule has 0 spiro atoms. The van der Waals surface area contributed by atoms with Crippen LogP contribution in [0.4, 0.5) is 13.2 Å². The van der Waals surface area contributed by atoms with Crippen LogP contribution in [0.2, 0.25) is 0 Å². The minimum absolute atomic E-state index is 0.00508. The molecule has 6 amide bonds. The van der Waals surface area contributed by atoms with Crippen molar-refractivity contribution < 1.29 is 56.6 Å². The first kappa shape index (κ1) is 44.6.